The van der Waals surface area contributed by atoms with Crippen molar-refractivity contribution in [1.29, 1.82) is 5.26 Å². The Bertz CT molecular complexity index is 467. The van der Waals surface area contributed by atoms with Gasteiger partial charge in [-0.25, -0.2) is 24.1 Å². The van der Waals surface area contributed by atoms with Gasteiger partial charge in [-0.1, -0.05) is 0 Å². The second-order valence-electron chi connectivity index (χ2n) is 2.54. The van der Waals surface area contributed by atoms with Gasteiger partial charge in [-0.15, -0.1) is 0 Å². The van der Waals surface area contributed by atoms with Gasteiger partial charge < -0.3 is 4.85 Å². The highest BCUT2D eigenvalue weighted by molar-refractivity contribution is 5.37. The number of hydrogen-bond acceptors (Lipinski definition) is 1. The molecule has 76 valence electrons. The Morgan fingerprint density at radius 3 is 1.87 bits per heavy atom. The van der Waals surface area contributed by atoms with E-state index in [1.165, 1.54) is 0 Å². The van der Waals surface area contributed by atoms with Crippen LogP contribution in [0, 0.1) is 41.2 Å². The van der Waals surface area contributed by atoms with Gasteiger partial charge in [0, 0.05) is 0 Å². The largest absolute Gasteiger partial charge is 0.312 e. The van der Waals surface area contributed by atoms with E-state index in [-0.39, 0.29) is 0 Å². The Hall–Kier alpha value is -2.08. The summed E-state index contributed by atoms with van der Waals surface area (Å²) < 4.78 is 51.8. The van der Waals surface area contributed by atoms with Crippen molar-refractivity contribution in [2.45, 2.75) is 6.54 Å². The van der Waals surface area contributed by atoms with Crippen LogP contribution in [0.25, 0.3) is 4.85 Å². The maximum Gasteiger partial charge on any atom is 0.245 e. The lowest BCUT2D eigenvalue weighted by molar-refractivity contribution is 0.438. The quantitative estimate of drug-likeness (QED) is 0.401. The lowest BCUT2D eigenvalue weighted by Crippen LogP contribution is -2.05. The Morgan fingerprint density at radius 1 is 1.07 bits per heavy atom. The molecular weight excluding hydrogens is 212 g/mol. The molecular formula is C9H2F4N2. The summed E-state index contributed by atoms with van der Waals surface area (Å²) in [5, 5.41) is 8.25. The zero-order valence-corrected chi connectivity index (χ0v) is 7.11. The standard InChI is InChI=1S/C9H2F4N2/c1-15-3-5-8(12)6(10)4(2-14)7(11)9(5)13/h3H2. The van der Waals surface area contributed by atoms with E-state index in [2.05, 4.69) is 4.85 Å². The van der Waals surface area contributed by atoms with Crippen LogP contribution in [0.2, 0.25) is 0 Å². The fourth-order valence-corrected chi connectivity index (χ4v) is 0.993. The third kappa shape index (κ3) is 1.62. The van der Waals surface area contributed by atoms with E-state index in [0.29, 0.717) is 0 Å². The van der Waals surface area contributed by atoms with Gasteiger partial charge in [-0.3, -0.25) is 0 Å². The molecule has 0 aromatic heterocycles. The summed E-state index contributed by atoms with van der Waals surface area (Å²) in [5.74, 6) is -6.92. The van der Waals surface area contributed by atoms with Crippen LogP contribution in [0.1, 0.15) is 11.1 Å². The second-order valence-corrected chi connectivity index (χ2v) is 2.54. The molecule has 0 bridgehead atoms. The predicted octanol–water partition coefficient (Wildman–Crippen LogP) is 2.53. The Labute approximate surface area is 82.2 Å². The van der Waals surface area contributed by atoms with Gasteiger partial charge in [0.15, 0.2) is 23.3 Å². The van der Waals surface area contributed by atoms with Gasteiger partial charge in [-0.05, 0) is 0 Å². The maximum atomic E-state index is 13.0. The van der Waals surface area contributed by atoms with Crippen LogP contribution in [-0.2, 0) is 6.54 Å². The van der Waals surface area contributed by atoms with Crippen molar-refractivity contribution in [2.75, 3.05) is 0 Å². The summed E-state index contributed by atoms with van der Waals surface area (Å²) in [4.78, 5) is 2.62. The lowest BCUT2D eigenvalue weighted by atomic mass is 10.1. The molecule has 0 unspecified atom stereocenters. The molecule has 0 heterocycles. The minimum Gasteiger partial charge on any atom is -0.312 e. The van der Waals surface area contributed by atoms with Crippen LogP contribution in [-0.4, -0.2) is 0 Å². The van der Waals surface area contributed by atoms with E-state index in [4.69, 9.17) is 11.8 Å². The zero-order chi connectivity index (χ0) is 11.6. The Morgan fingerprint density at radius 2 is 1.53 bits per heavy atom. The molecule has 0 aliphatic rings. The molecule has 0 saturated heterocycles. The van der Waals surface area contributed by atoms with E-state index in [0.717, 1.165) is 6.07 Å². The van der Waals surface area contributed by atoms with Crippen LogP contribution in [0.3, 0.4) is 0 Å². The van der Waals surface area contributed by atoms with Crippen LogP contribution in [0.5, 0.6) is 0 Å². The van der Waals surface area contributed by atoms with Crippen LogP contribution in [0.4, 0.5) is 17.6 Å². The molecule has 2 nitrogen and oxygen atoms in total. The van der Waals surface area contributed by atoms with E-state index < -0.39 is 40.9 Å². The number of halogens is 4. The van der Waals surface area contributed by atoms with Crippen LogP contribution < -0.4 is 0 Å². The van der Waals surface area contributed by atoms with Crippen molar-refractivity contribution >= 4 is 0 Å². The fraction of sp³-hybridized carbons (Fsp3) is 0.111. The van der Waals surface area contributed by atoms with Crippen molar-refractivity contribution in [1.82, 2.24) is 0 Å². The number of nitrogens with zero attached hydrogens (tertiary/aromatic N) is 2. The molecule has 1 rings (SSSR count). The third-order valence-corrected chi connectivity index (χ3v) is 1.70. The molecule has 0 radical (unpaired) electrons. The van der Waals surface area contributed by atoms with E-state index in [1.807, 2.05) is 0 Å². The van der Waals surface area contributed by atoms with E-state index in [9.17, 15) is 17.6 Å². The lowest BCUT2D eigenvalue weighted by Gasteiger charge is -2.03. The summed E-state index contributed by atoms with van der Waals surface area (Å²) in [6, 6.07) is 1.01. The zero-order valence-electron chi connectivity index (χ0n) is 7.11. The first kappa shape index (κ1) is 11.0. The smallest absolute Gasteiger partial charge is 0.245 e. The van der Waals surface area contributed by atoms with Crippen molar-refractivity contribution in [3.05, 3.63) is 45.8 Å². The molecule has 0 aliphatic carbocycles. The normalized spacial score (nSPS) is 9.47. The number of hydrogen-bond donors (Lipinski definition) is 0. The van der Waals surface area contributed by atoms with Gasteiger partial charge >= 0.3 is 0 Å². The first-order valence-electron chi connectivity index (χ1n) is 3.62. The summed E-state index contributed by atoms with van der Waals surface area (Å²) in [5.41, 5.74) is -2.32. The number of benzene rings is 1. The molecule has 0 amide bonds. The summed E-state index contributed by atoms with van der Waals surface area (Å²) >= 11 is 0. The minimum absolute atomic E-state index is 0.822. The van der Waals surface area contributed by atoms with Gasteiger partial charge in [0.2, 0.25) is 6.54 Å². The van der Waals surface area contributed by atoms with Gasteiger partial charge in [0.05, 0.1) is 0 Å². The van der Waals surface area contributed by atoms with Gasteiger partial charge in [0.1, 0.15) is 17.2 Å². The van der Waals surface area contributed by atoms with Gasteiger partial charge in [0.25, 0.3) is 0 Å². The fourth-order valence-electron chi connectivity index (χ4n) is 0.993. The highest BCUT2D eigenvalue weighted by Gasteiger charge is 2.26. The van der Waals surface area contributed by atoms with Crippen molar-refractivity contribution in [3.8, 4) is 6.07 Å². The molecule has 1 aromatic carbocycles. The van der Waals surface area contributed by atoms with Crippen molar-refractivity contribution in [2.24, 2.45) is 0 Å². The Balaban J connectivity index is 3.62. The van der Waals surface area contributed by atoms with Crippen molar-refractivity contribution < 1.29 is 17.6 Å². The molecule has 0 spiro atoms. The topological polar surface area (TPSA) is 28.1 Å². The van der Waals surface area contributed by atoms with Crippen LogP contribution >= 0.6 is 0 Å². The molecule has 0 saturated carbocycles. The molecule has 0 aliphatic heterocycles. The predicted molar refractivity (Wildman–Crippen MR) is 41.3 cm³/mol. The highest BCUT2D eigenvalue weighted by Crippen LogP contribution is 2.24. The second kappa shape index (κ2) is 3.97. The van der Waals surface area contributed by atoms with Crippen molar-refractivity contribution in [3.63, 3.8) is 0 Å². The number of nitriles is 1. The molecule has 1 aromatic rings. The number of rotatable bonds is 1. The summed E-state index contributed by atoms with van der Waals surface area (Å²) in [6.07, 6.45) is 0. The monoisotopic (exact) mass is 214 g/mol. The molecule has 0 N–H and O–H groups in total. The molecule has 0 fully saturated rings. The molecule has 0 atom stereocenters. The SMILES string of the molecule is [C-]#[N+]Cc1c(F)c(F)c(C#N)c(F)c1F. The molecule has 6 heteroatoms. The summed E-state index contributed by atoms with van der Waals surface area (Å²) in [6.45, 7) is 5.53. The first-order chi connectivity index (χ1) is 7.04. The van der Waals surface area contributed by atoms with Gasteiger partial charge in [-0.2, -0.15) is 5.26 Å². The maximum absolute atomic E-state index is 13.0. The highest BCUT2D eigenvalue weighted by atomic mass is 19.2. The molecule has 15 heavy (non-hydrogen) atoms. The first-order valence-corrected chi connectivity index (χ1v) is 3.62. The van der Waals surface area contributed by atoms with E-state index >= 15 is 0 Å². The summed E-state index contributed by atoms with van der Waals surface area (Å²) in [7, 11) is 0. The average Bonchev–Trinajstić information content (AvgIpc) is 2.23. The van der Waals surface area contributed by atoms with Crippen LogP contribution in [0.15, 0.2) is 0 Å². The Kier molecular flexibility index (Phi) is 2.91. The van der Waals surface area contributed by atoms with E-state index in [1.54, 1.807) is 0 Å². The minimum atomic E-state index is -1.77. The third-order valence-electron chi connectivity index (χ3n) is 1.70. The average molecular weight is 214 g/mol.